The molecule has 27 aromatic rings. The highest BCUT2D eigenvalue weighted by atomic mass is 16.3. The quantitative estimate of drug-likeness (QED) is 0.127. The summed E-state index contributed by atoms with van der Waals surface area (Å²) >= 11 is 0. The van der Waals surface area contributed by atoms with Crippen LogP contribution in [0, 0.1) is 0 Å². The van der Waals surface area contributed by atoms with Crippen molar-refractivity contribution in [2.75, 3.05) is 0 Å². The maximum Gasteiger partial charge on any atom is 0.164 e. The molecule has 0 saturated carbocycles. The smallest absolute Gasteiger partial charge is 0.164 e. The minimum Gasteiger partial charge on any atom is -0.456 e. The van der Waals surface area contributed by atoms with Crippen LogP contribution in [0.15, 0.2) is 440 Å². The minimum absolute atomic E-state index is 0.0670. The van der Waals surface area contributed by atoms with Gasteiger partial charge in [-0.05, 0) is 174 Å². The van der Waals surface area contributed by atoms with Crippen LogP contribution in [-0.2, 0) is 5.41 Å². The lowest BCUT2D eigenvalue weighted by molar-refractivity contribution is 0.666. The molecular weight excluding hydrogens is 1650 g/mol. The van der Waals surface area contributed by atoms with E-state index in [0.29, 0.717) is 52.4 Å². The van der Waals surface area contributed by atoms with E-state index >= 15 is 0 Å². The highest BCUT2D eigenvalue weighted by Crippen LogP contribution is 2.53. The van der Waals surface area contributed by atoms with Crippen molar-refractivity contribution in [3.05, 3.63) is 442 Å². The van der Waals surface area contributed by atoms with Crippen molar-refractivity contribution in [1.29, 1.82) is 0 Å². The number of furan rings is 2. The highest BCUT2D eigenvalue weighted by Gasteiger charge is 2.37. The maximum absolute atomic E-state index is 6.53. The standard InChI is InChI=1S/C43H25N3O.C42H29N3.C39H23N3O/c1-2-11-27(12-3-1)41-44-42(30-19-18-26-10-4-5-13-28(26)24-30)46-43(45-41)31-21-22-32-29(25-31)20-23-36-38(32)33-14-6-7-15-34(33)39-35-16-8-9-17-37(35)47-40(36)39;1-42(2)36-16-10-9-15-32(36)34-24-23-33-35(38(34)42)22-19-26-17-18-29-25-30(20-21-31(29)37(26)33)41-44-39(27-11-5-3-6-12-27)43-40(45-41)28-13-7-4-8-14-28;1-3-9-25(10-4-1)37-40-38(26-11-5-2-6-12-26)42-39(41-37)28-18-19-29-27(23-28)16-15-24-17-20-31-30(35(24)29)21-22-34-36(31)32-13-7-8-14-33(32)43-34/h1-25H;3-25H,1-2H3;1-23H. The fraction of sp³-hybridized carbons (Fsp3) is 0.0242. The highest BCUT2D eigenvalue weighted by molar-refractivity contribution is 6.35. The van der Waals surface area contributed by atoms with E-state index in [1.807, 2.05) is 176 Å². The molecule has 0 atom stereocenters. The Kier molecular flexibility index (Phi) is 18.4. The first kappa shape index (κ1) is 78.1. The van der Waals surface area contributed by atoms with Gasteiger partial charge in [0.25, 0.3) is 0 Å². The third-order valence-electron chi connectivity index (χ3n) is 27.0. The number of hydrogen-bond donors (Lipinski definition) is 0. The van der Waals surface area contributed by atoms with E-state index < -0.39 is 0 Å². The van der Waals surface area contributed by atoms with Gasteiger partial charge in [-0.2, -0.15) is 0 Å². The molecule has 1 aliphatic rings. The molecule has 11 heteroatoms. The van der Waals surface area contributed by atoms with Gasteiger partial charge < -0.3 is 8.83 Å². The molecule has 0 N–H and O–H groups in total. The van der Waals surface area contributed by atoms with Crippen molar-refractivity contribution in [3.8, 4) is 114 Å². The van der Waals surface area contributed by atoms with Crippen LogP contribution in [-0.4, -0.2) is 44.9 Å². The monoisotopic (exact) mass is 1720 g/mol. The number of benzene rings is 22. The Hall–Kier alpha value is -17.9. The Labute approximate surface area is 774 Å². The normalized spacial score (nSPS) is 12.3. The summed E-state index contributed by atoms with van der Waals surface area (Å²) in [5, 5.41) is 28.7. The van der Waals surface area contributed by atoms with Crippen molar-refractivity contribution >= 4 is 152 Å². The van der Waals surface area contributed by atoms with Crippen LogP contribution in [0.3, 0.4) is 0 Å². The molecule has 28 rings (SSSR count). The van der Waals surface area contributed by atoms with E-state index in [1.54, 1.807) is 0 Å². The second kappa shape index (κ2) is 31.7. The fourth-order valence-corrected chi connectivity index (χ4v) is 20.7. The SMILES string of the molecule is CC1(C)c2ccccc2-c2ccc3c(ccc4ccc5cc(-c6nc(-c7ccccc7)nc(-c7ccccc7)n6)ccc5c43)c21.c1ccc(-c2nc(-c3ccc4ccccc4c3)nc(-c3ccc4c(ccc5c6oc7ccccc7c6c6ccccc6c45)c3)n2)cc1.c1ccc(-c2nc(-c3ccccc3)nc(-c3ccc4c(ccc5ccc6c(ccc7oc8ccccc8c76)c54)c3)n2)cc1. The first-order valence-corrected chi connectivity index (χ1v) is 45.6. The number of rotatable bonds is 9. The van der Waals surface area contributed by atoms with Gasteiger partial charge in [0.15, 0.2) is 52.4 Å². The molecule has 0 saturated heterocycles. The maximum atomic E-state index is 6.53. The molecule has 5 heterocycles. The lowest BCUT2D eigenvalue weighted by Gasteiger charge is -2.23. The zero-order valence-corrected chi connectivity index (χ0v) is 73.3. The van der Waals surface area contributed by atoms with Crippen molar-refractivity contribution < 1.29 is 8.83 Å². The van der Waals surface area contributed by atoms with Gasteiger partial charge in [0, 0.05) is 87.8 Å². The minimum atomic E-state index is -0.0670. The van der Waals surface area contributed by atoms with Gasteiger partial charge in [-0.25, -0.2) is 44.9 Å². The van der Waals surface area contributed by atoms with E-state index in [2.05, 4.69) is 269 Å². The lowest BCUT2D eigenvalue weighted by Crippen LogP contribution is -2.15. The van der Waals surface area contributed by atoms with Crippen LogP contribution >= 0.6 is 0 Å². The Balaban J connectivity index is 0.000000105. The Morgan fingerprint density at radius 3 is 0.970 bits per heavy atom. The molecular formula is C124H77N9O2. The van der Waals surface area contributed by atoms with E-state index in [9.17, 15) is 0 Å². The number of aromatic nitrogens is 9. The van der Waals surface area contributed by atoms with Crippen LogP contribution in [0.1, 0.15) is 25.0 Å². The summed E-state index contributed by atoms with van der Waals surface area (Å²) in [6, 6.07) is 150. The van der Waals surface area contributed by atoms with Gasteiger partial charge in [-0.15, -0.1) is 0 Å². The summed E-state index contributed by atoms with van der Waals surface area (Å²) in [4.78, 5) is 44.6. The third-order valence-corrected chi connectivity index (χ3v) is 27.0. The second-order valence-corrected chi connectivity index (χ2v) is 35.3. The van der Waals surface area contributed by atoms with Crippen LogP contribution < -0.4 is 0 Å². The van der Waals surface area contributed by atoms with Crippen LogP contribution in [0.25, 0.3) is 265 Å². The molecule has 630 valence electrons. The molecule has 0 bridgehead atoms. The van der Waals surface area contributed by atoms with Gasteiger partial charge in [0.1, 0.15) is 22.3 Å². The van der Waals surface area contributed by atoms with Crippen molar-refractivity contribution in [1.82, 2.24) is 44.9 Å². The summed E-state index contributed by atoms with van der Waals surface area (Å²) in [5.74, 6) is 5.91. The molecule has 1 aliphatic carbocycles. The van der Waals surface area contributed by atoms with E-state index in [1.165, 1.54) is 108 Å². The molecule has 0 amide bonds. The predicted octanol–water partition coefficient (Wildman–Crippen LogP) is 32.3. The predicted molar refractivity (Wildman–Crippen MR) is 556 cm³/mol. The zero-order chi connectivity index (χ0) is 89.4. The third kappa shape index (κ3) is 13.4. The van der Waals surface area contributed by atoms with Crippen molar-refractivity contribution in [2.45, 2.75) is 19.3 Å². The molecule has 11 nitrogen and oxygen atoms in total. The fourth-order valence-electron chi connectivity index (χ4n) is 20.7. The van der Waals surface area contributed by atoms with Gasteiger partial charge in [-0.1, -0.05) is 390 Å². The lowest BCUT2D eigenvalue weighted by atomic mass is 9.79. The number of para-hydroxylation sites is 2. The van der Waals surface area contributed by atoms with E-state index in [-0.39, 0.29) is 5.41 Å². The molecule has 22 aromatic carbocycles. The molecule has 5 aromatic heterocycles. The van der Waals surface area contributed by atoms with Crippen LogP contribution in [0.5, 0.6) is 0 Å². The van der Waals surface area contributed by atoms with E-state index in [0.717, 1.165) is 115 Å². The topological polar surface area (TPSA) is 142 Å². The summed E-state index contributed by atoms with van der Waals surface area (Å²) in [7, 11) is 0. The van der Waals surface area contributed by atoms with Gasteiger partial charge in [0.05, 0.1) is 0 Å². The summed E-state index contributed by atoms with van der Waals surface area (Å²) in [6.45, 7) is 4.72. The Morgan fingerprint density at radius 1 is 0.170 bits per heavy atom. The van der Waals surface area contributed by atoms with Crippen LogP contribution in [0.4, 0.5) is 0 Å². The van der Waals surface area contributed by atoms with E-state index in [4.69, 9.17) is 53.7 Å². The molecule has 0 spiro atoms. The molecule has 0 fully saturated rings. The second-order valence-electron chi connectivity index (χ2n) is 35.3. The largest absolute Gasteiger partial charge is 0.456 e. The first-order valence-electron chi connectivity index (χ1n) is 45.6. The molecule has 135 heavy (non-hydrogen) atoms. The summed E-state index contributed by atoms with van der Waals surface area (Å²) in [6.07, 6.45) is 0. The average molecular weight is 1730 g/mol. The van der Waals surface area contributed by atoms with Gasteiger partial charge >= 0.3 is 0 Å². The Bertz CT molecular complexity index is 9420. The molecule has 0 unspecified atom stereocenters. The summed E-state index contributed by atoms with van der Waals surface area (Å²) < 4.78 is 12.7. The Morgan fingerprint density at radius 2 is 0.474 bits per heavy atom. The number of nitrogens with zero attached hydrogens (tertiary/aromatic N) is 9. The van der Waals surface area contributed by atoms with Gasteiger partial charge in [0.2, 0.25) is 0 Å². The summed E-state index contributed by atoms with van der Waals surface area (Å²) in [5.41, 5.74) is 17.7. The molecule has 0 aliphatic heterocycles. The first-order chi connectivity index (χ1) is 66.6. The van der Waals surface area contributed by atoms with Crippen molar-refractivity contribution in [3.63, 3.8) is 0 Å². The van der Waals surface area contributed by atoms with Crippen LogP contribution in [0.2, 0.25) is 0 Å². The number of fused-ring (bicyclic) bond motifs is 29. The zero-order valence-electron chi connectivity index (χ0n) is 73.3. The van der Waals surface area contributed by atoms with Crippen molar-refractivity contribution in [2.24, 2.45) is 0 Å². The number of hydrogen-bond acceptors (Lipinski definition) is 11. The van der Waals surface area contributed by atoms with Gasteiger partial charge in [-0.3, -0.25) is 0 Å². The average Bonchev–Trinajstić information content (AvgIpc) is 1.62. The molecule has 0 radical (unpaired) electrons.